The first-order chi connectivity index (χ1) is 8.29. The van der Waals surface area contributed by atoms with Crippen LogP contribution in [0.15, 0.2) is 22.6 Å². The maximum atomic E-state index is 12.9. The first-order valence-electron chi connectivity index (χ1n) is 5.88. The van der Waals surface area contributed by atoms with Crippen LogP contribution in [0.3, 0.4) is 0 Å². The van der Waals surface area contributed by atoms with E-state index in [9.17, 15) is 13.2 Å². The SMILES string of the molecule is Cc1oc2cc(CC(C)C)ccc2c1C(F)(F)F. The molecule has 18 heavy (non-hydrogen) atoms. The van der Waals surface area contributed by atoms with E-state index >= 15 is 0 Å². The van der Waals surface area contributed by atoms with E-state index in [0.29, 0.717) is 11.5 Å². The summed E-state index contributed by atoms with van der Waals surface area (Å²) in [5.74, 6) is 0.389. The lowest BCUT2D eigenvalue weighted by Gasteiger charge is -2.06. The third-order valence-electron chi connectivity index (χ3n) is 2.86. The maximum Gasteiger partial charge on any atom is 0.420 e. The minimum atomic E-state index is -4.37. The van der Waals surface area contributed by atoms with Crippen LogP contribution in [-0.2, 0) is 12.6 Å². The Balaban J connectivity index is 2.55. The molecule has 2 aromatic rings. The summed E-state index contributed by atoms with van der Waals surface area (Å²) in [6, 6.07) is 4.95. The van der Waals surface area contributed by atoms with Crippen LogP contribution in [0.4, 0.5) is 13.2 Å². The van der Waals surface area contributed by atoms with Crippen molar-refractivity contribution in [2.24, 2.45) is 5.92 Å². The van der Waals surface area contributed by atoms with Crippen molar-refractivity contribution in [2.45, 2.75) is 33.4 Å². The molecular formula is C14H15F3O. The van der Waals surface area contributed by atoms with Crippen LogP contribution in [0.2, 0.25) is 0 Å². The molecule has 0 bridgehead atoms. The van der Waals surface area contributed by atoms with Gasteiger partial charge in [-0.25, -0.2) is 0 Å². The topological polar surface area (TPSA) is 13.1 Å². The largest absolute Gasteiger partial charge is 0.461 e. The molecule has 2 rings (SSSR count). The molecule has 1 aromatic heterocycles. The molecule has 0 aliphatic carbocycles. The molecule has 0 atom stereocenters. The summed E-state index contributed by atoms with van der Waals surface area (Å²) in [5, 5.41) is 0.146. The van der Waals surface area contributed by atoms with Gasteiger partial charge in [-0.15, -0.1) is 0 Å². The van der Waals surface area contributed by atoms with Crippen molar-refractivity contribution in [3.05, 3.63) is 35.1 Å². The third-order valence-corrected chi connectivity index (χ3v) is 2.86. The fourth-order valence-corrected chi connectivity index (χ4v) is 2.21. The second-order valence-electron chi connectivity index (χ2n) is 4.96. The highest BCUT2D eigenvalue weighted by molar-refractivity contribution is 5.83. The molecule has 0 saturated heterocycles. The lowest BCUT2D eigenvalue weighted by Crippen LogP contribution is -2.05. The van der Waals surface area contributed by atoms with Gasteiger partial charge in [0.2, 0.25) is 0 Å². The van der Waals surface area contributed by atoms with Gasteiger partial charge in [-0.2, -0.15) is 13.2 Å². The van der Waals surface area contributed by atoms with Crippen molar-refractivity contribution in [2.75, 3.05) is 0 Å². The summed E-state index contributed by atoms with van der Waals surface area (Å²) in [6.45, 7) is 5.49. The van der Waals surface area contributed by atoms with Gasteiger partial charge in [0.25, 0.3) is 0 Å². The Morgan fingerprint density at radius 2 is 1.89 bits per heavy atom. The highest BCUT2D eigenvalue weighted by atomic mass is 19.4. The Morgan fingerprint density at radius 1 is 1.22 bits per heavy atom. The maximum absolute atomic E-state index is 12.9. The first-order valence-corrected chi connectivity index (χ1v) is 5.88. The molecule has 0 saturated carbocycles. The number of benzene rings is 1. The minimum Gasteiger partial charge on any atom is -0.461 e. The van der Waals surface area contributed by atoms with Gasteiger partial charge in [0.1, 0.15) is 16.9 Å². The van der Waals surface area contributed by atoms with Crippen LogP contribution in [0.25, 0.3) is 11.0 Å². The van der Waals surface area contributed by atoms with Crippen LogP contribution in [0.1, 0.15) is 30.7 Å². The Bertz CT molecular complexity index is 564. The summed E-state index contributed by atoms with van der Waals surface area (Å²) in [5.41, 5.74) is 0.659. The molecule has 1 aromatic carbocycles. The van der Waals surface area contributed by atoms with Crippen LogP contribution in [-0.4, -0.2) is 0 Å². The number of aryl methyl sites for hydroxylation is 1. The third kappa shape index (κ3) is 2.37. The van der Waals surface area contributed by atoms with Crippen molar-refractivity contribution < 1.29 is 17.6 Å². The van der Waals surface area contributed by atoms with Crippen molar-refractivity contribution in [1.82, 2.24) is 0 Å². The van der Waals surface area contributed by atoms with E-state index in [1.165, 1.54) is 13.0 Å². The van der Waals surface area contributed by atoms with Crippen molar-refractivity contribution in [3.8, 4) is 0 Å². The fraction of sp³-hybridized carbons (Fsp3) is 0.429. The highest BCUT2D eigenvalue weighted by Gasteiger charge is 2.37. The zero-order valence-electron chi connectivity index (χ0n) is 10.6. The Kier molecular flexibility index (Phi) is 3.13. The van der Waals surface area contributed by atoms with Crippen molar-refractivity contribution >= 4 is 11.0 Å². The van der Waals surface area contributed by atoms with Crippen LogP contribution in [0, 0.1) is 12.8 Å². The average Bonchev–Trinajstić information content (AvgIpc) is 2.51. The molecule has 0 fully saturated rings. The van der Waals surface area contributed by atoms with Gasteiger partial charge in [0, 0.05) is 5.39 Å². The van der Waals surface area contributed by atoms with Gasteiger partial charge >= 0.3 is 6.18 Å². The predicted molar refractivity (Wildman–Crippen MR) is 64.5 cm³/mol. The lowest BCUT2D eigenvalue weighted by molar-refractivity contribution is -0.137. The van der Waals surface area contributed by atoms with Gasteiger partial charge in [-0.05, 0) is 30.9 Å². The van der Waals surface area contributed by atoms with Gasteiger partial charge in [0.05, 0.1) is 0 Å². The second-order valence-corrected chi connectivity index (χ2v) is 4.96. The van der Waals surface area contributed by atoms with E-state index in [-0.39, 0.29) is 11.1 Å². The summed E-state index contributed by atoms with van der Waals surface area (Å²) >= 11 is 0. The summed E-state index contributed by atoms with van der Waals surface area (Å²) in [7, 11) is 0. The number of hydrogen-bond donors (Lipinski definition) is 0. The standard InChI is InChI=1S/C14H15F3O/c1-8(2)6-10-4-5-11-12(7-10)18-9(3)13(11)14(15,16)17/h4-5,7-8H,6H2,1-3H3. The molecule has 0 unspecified atom stereocenters. The molecule has 0 aliphatic rings. The molecule has 0 amide bonds. The lowest BCUT2D eigenvalue weighted by atomic mass is 10.0. The monoisotopic (exact) mass is 256 g/mol. The molecule has 98 valence electrons. The van der Waals surface area contributed by atoms with Crippen molar-refractivity contribution in [3.63, 3.8) is 0 Å². The number of hydrogen-bond acceptors (Lipinski definition) is 1. The normalized spacial score (nSPS) is 12.6. The molecule has 0 radical (unpaired) electrons. The van der Waals surface area contributed by atoms with Crippen LogP contribution in [0.5, 0.6) is 0 Å². The molecule has 0 aliphatic heterocycles. The molecule has 1 nitrogen and oxygen atoms in total. The minimum absolute atomic E-state index is 0.0702. The van der Waals surface area contributed by atoms with E-state index in [2.05, 4.69) is 13.8 Å². The van der Waals surface area contributed by atoms with Gasteiger partial charge in [-0.1, -0.05) is 26.0 Å². The Labute approximate surface area is 104 Å². The first kappa shape index (κ1) is 13.0. The number of rotatable bonds is 2. The fourth-order valence-electron chi connectivity index (χ4n) is 2.21. The van der Waals surface area contributed by atoms with Gasteiger partial charge in [-0.3, -0.25) is 0 Å². The smallest absolute Gasteiger partial charge is 0.420 e. The Hall–Kier alpha value is -1.45. The summed E-state index contributed by atoms with van der Waals surface area (Å²) in [6.07, 6.45) is -3.54. The van der Waals surface area contributed by atoms with E-state index < -0.39 is 11.7 Å². The number of alkyl halides is 3. The van der Waals surface area contributed by atoms with Gasteiger partial charge in [0.15, 0.2) is 0 Å². The van der Waals surface area contributed by atoms with Crippen molar-refractivity contribution in [1.29, 1.82) is 0 Å². The summed E-state index contributed by atoms with van der Waals surface area (Å²) in [4.78, 5) is 0. The zero-order valence-corrected chi connectivity index (χ0v) is 10.6. The van der Waals surface area contributed by atoms with Gasteiger partial charge < -0.3 is 4.42 Å². The number of fused-ring (bicyclic) bond motifs is 1. The predicted octanol–water partition coefficient (Wildman–Crippen LogP) is 4.96. The van der Waals surface area contributed by atoms with E-state index in [0.717, 1.165) is 12.0 Å². The molecule has 4 heteroatoms. The number of halogens is 3. The average molecular weight is 256 g/mol. The number of furan rings is 1. The highest BCUT2D eigenvalue weighted by Crippen LogP contribution is 2.39. The second kappa shape index (κ2) is 4.34. The van der Waals surface area contributed by atoms with Crippen LogP contribution < -0.4 is 0 Å². The van der Waals surface area contributed by atoms with E-state index in [1.807, 2.05) is 0 Å². The molecule has 0 spiro atoms. The zero-order chi connectivity index (χ0) is 13.5. The molecular weight excluding hydrogens is 241 g/mol. The van der Waals surface area contributed by atoms with Crippen LogP contribution >= 0.6 is 0 Å². The Morgan fingerprint density at radius 3 is 2.44 bits per heavy atom. The van der Waals surface area contributed by atoms with E-state index in [1.54, 1.807) is 12.1 Å². The van der Waals surface area contributed by atoms with E-state index in [4.69, 9.17) is 4.42 Å². The summed E-state index contributed by atoms with van der Waals surface area (Å²) < 4.78 is 43.8. The molecule has 1 heterocycles. The quantitative estimate of drug-likeness (QED) is 0.740. The molecule has 0 N–H and O–H groups in total.